The lowest BCUT2D eigenvalue weighted by Crippen LogP contribution is -2.21. The lowest BCUT2D eigenvalue weighted by molar-refractivity contribution is -0.274. The molecule has 170 valence electrons. The number of nitrogens with zero attached hydrogens (tertiary/aromatic N) is 3. The van der Waals surface area contributed by atoms with E-state index in [1.807, 2.05) is 19.0 Å². The smallest absolute Gasteiger partial charge is 0.406 e. The van der Waals surface area contributed by atoms with E-state index in [9.17, 15) is 22.0 Å². The van der Waals surface area contributed by atoms with Crippen molar-refractivity contribution in [3.63, 3.8) is 0 Å². The molecule has 1 aromatic heterocycles. The number of nitrogens with one attached hydrogen (secondary N) is 2. The van der Waals surface area contributed by atoms with Gasteiger partial charge in [-0.3, -0.25) is 0 Å². The maximum absolute atomic E-state index is 13.6. The third-order valence-corrected chi connectivity index (χ3v) is 4.12. The van der Waals surface area contributed by atoms with Gasteiger partial charge in [0.15, 0.2) is 11.6 Å². The SMILES string of the molecule is CN(C)CCNc1nc(Nc2ccc(F)c(F)c2)cc(-c2cccc(OC(F)(F)F)c2)n1. The van der Waals surface area contributed by atoms with Gasteiger partial charge in [-0.25, -0.2) is 13.8 Å². The molecule has 0 unspecified atom stereocenters. The van der Waals surface area contributed by atoms with Gasteiger partial charge in [0.05, 0.1) is 5.69 Å². The largest absolute Gasteiger partial charge is 0.573 e. The van der Waals surface area contributed by atoms with Crippen molar-refractivity contribution in [2.75, 3.05) is 37.8 Å². The Kier molecular flexibility index (Phi) is 7.08. The number of likely N-dealkylation sites (N-methyl/N-ethyl adjacent to an activating group) is 1. The molecular weight excluding hydrogens is 433 g/mol. The van der Waals surface area contributed by atoms with Crippen molar-refractivity contribution >= 4 is 17.5 Å². The quantitative estimate of drug-likeness (QED) is 0.466. The summed E-state index contributed by atoms with van der Waals surface area (Å²) in [5.74, 6) is -1.99. The fraction of sp³-hybridized carbons (Fsp3) is 0.238. The molecule has 0 atom stereocenters. The molecule has 32 heavy (non-hydrogen) atoms. The molecule has 0 radical (unpaired) electrons. The van der Waals surface area contributed by atoms with Crippen molar-refractivity contribution in [1.82, 2.24) is 14.9 Å². The van der Waals surface area contributed by atoms with E-state index in [1.54, 1.807) is 6.07 Å². The zero-order valence-electron chi connectivity index (χ0n) is 17.2. The van der Waals surface area contributed by atoms with Crippen molar-refractivity contribution in [2.45, 2.75) is 6.36 Å². The number of hydrogen-bond donors (Lipinski definition) is 2. The summed E-state index contributed by atoms with van der Waals surface area (Å²) in [4.78, 5) is 10.6. The van der Waals surface area contributed by atoms with Crippen LogP contribution in [0.4, 0.5) is 39.4 Å². The molecule has 0 spiro atoms. The van der Waals surface area contributed by atoms with Crippen molar-refractivity contribution in [2.24, 2.45) is 0 Å². The van der Waals surface area contributed by atoms with E-state index in [0.717, 1.165) is 12.1 Å². The molecule has 2 N–H and O–H groups in total. The predicted octanol–water partition coefficient (Wildman–Crippen LogP) is 5.04. The highest BCUT2D eigenvalue weighted by atomic mass is 19.4. The lowest BCUT2D eigenvalue weighted by Gasteiger charge is -2.14. The molecule has 0 aliphatic rings. The average molecular weight is 453 g/mol. The summed E-state index contributed by atoms with van der Waals surface area (Å²) in [7, 11) is 3.78. The average Bonchev–Trinajstić information content (AvgIpc) is 2.69. The minimum absolute atomic E-state index is 0.205. The standard InChI is InChI=1S/C21H20F5N5O/c1-31(2)9-8-27-20-29-18(13-4-3-5-15(10-13)32-21(24,25)26)12-19(30-20)28-14-6-7-16(22)17(23)11-14/h3-7,10-12H,8-9H2,1-2H3,(H2,27,28,29,30). The van der Waals surface area contributed by atoms with Crippen LogP contribution < -0.4 is 15.4 Å². The van der Waals surface area contributed by atoms with Crippen molar-refractivity contribution in [3.8, 4) is 17.0 Å². The van der Waals surface area contributed by atoms with Crippen molar-refractivity contribution < 1.29 is 26.7 Å². The molecule has 0 saturated heterocycles. The van der Waals surface area contributed by atoms with E-state index in [4.69, 9.17) is 0 Å². The summed E-state index contributed by atoms with van der Waals surface area (Å²) in [6.45, 7) is 1.17. The van der Waals surface area contributed by atoms with Crippen LogP contribution in [0.5, 0.6) is 5.75 Å². The second-order valence-corrected chi connectivity index (χ2v) is 7.02. The predicted molar refractivity (Wildman–Crippen MR) is 111 cm³/mol. The maximum atomic E-state index is 13.6. The van der Waals surface area contributed by atoms with Crippen LogP contribution in [0.15, 0.2) is 48.5 Å². The molecule has 1 heterocycles. The van der Waals surface area contributed by atoms with Crippen LogP contribution in [0.2, 0.25) is 0 Å². The number of alkyl halides is 3. The number of rotatable bonds is 8. The Bertz CT molecular complexity index is 1070. The summed E-state index contributed by atoms with van der Waals surface area (Å²) in [6.07, 6.45) is -4.83. The Morgan fingerprint density at radius 3 is 2.44 bits per heavy atom. The first kappa shape index (κ1) is 23.2. The highest BCUT2D eigenvalue weighted by Gasteiger charge is 2.31. The van der Waals surface area contributed by atoms with E-state index < -0.39 is 23.7 Å². The van der Waals surface area contributed by atoms with Crippen LogP contribution in [-0.2, 0) is 0 Å². The van der Waals surface area contributed by atoms with Crippen molar-refractivity contribution in [1.29, 1.82) is 0 Å². The molecule has 0 aliphatic carbocycles. The molecule has 11 heteroatoms. The number of benzene rings is 2. The van der Waals surface area contributed by atoms with Gasteiger partial charge in [-0.2, -0.15) is 4.98 Å². The highest BCUT2D eigenvalue weighted by Crippen LogP contribution is 2.29. The van der Waals surface area contributed by atoms with Gasteiger partial charge in [0.1, 0.15) is 11.6 Å². The molecule has 6 nitrogen and oxygen atoms in total. The van der Waals surface area contributed by atoms with Gasteiger partial charge in [0.2, 0.25) is 5.95 Å². The van der Waals surface area contributed by atoms with Crippen LogP contribution >= 0.6 is 0 Å². The Morgan fingerprint density at radius 1 is 0.969 bits per heavy atom. The van der Waals surface area contributed by atoms with Gasteiger partial charge in [0, 0.05) is 36.5 Å². The summed E-state index contributed by atoms with van der Waals surface area (Å²) in [5.41, 5.74) is 0.880. The van der Waals surface area contributed by atoms with Gasteiger partial charge in [0.25, 0.3) is 0 Å². The lowest BCUT2D eigenvalue weighted by atomic mass is 10.1. The Balaban J connectivity index is 1.94. The fourth-order valence-corrected chi connectivity index (χ4v) is 2.70. The third kappa shape index (κ3) is 6.77. The first-order valence-corrected chi connectivity index (χ1v) is 9.45. The minimum atomic E-state index is -4.83. The van der Waals surface area contributed by atoms with Crippen LogP contribution in [0.1, 0.15) is 0 Å². The van der Waals surface area contributed by atoms with E-state index >= 15 is 0 Å². The molecule has 0 aliphatic heterocycles. The van der Waals surface area contributed by atoms with E-state index in [0.29, 0.717) is 24.3 Å². The van der Waals surface area contributed by atoms with Gasteiger partial charge in [-0.1, -0.05) is 12.1 Å². The van der Waals surface area contributed by atoms with Gasteiger partial charge >= 0.3 is 6.36 Å². The summed E-state index contributed by atoms with van der Waals surface area (Å²) >= 11 is 0. The zero-order valence-corrected chi connectivity index (χ0v) is 17.2. The number of halogens is 5. The van der Waals surface area contributed by atoms with E-state index in [2.05, 4.69) is 25.3 Å². The van der Waals surface area contributed by atoms with E-state index in [1.165, 1.54) is 30.3 Å². The normalized spacial score (nSPS) is 11.5. The summed E-state index contributed by atoms with van der Waals surface area (Å²) in [6, 6.07) is 10.1. The Hall–Kier alpha value is -3.47. The Morgan fingerprint density at radius 2 is 1.75 bits per heavy atom. The summed E-state index contributed by atoms with van der Waals surface area (Å²) < 4.78 is 68.5. The third-order valence-electron chi connectivity index (χ3n) is 4.12. The Labute approximate surface area is 181 Å². The maximum Gasteiger partial charge on any atom is 0.573 e. The highest BCUT2D eigenvalue weighted by molar-refractivity contribution is 5.68. The van der Waals surface area contributed by atoms with Crippen molar-refractivity contribution in [3.05, 3.63) is 60.2 Å². The monoisotopic (exact) mass is 453 g/mol. The topological polar surface area (TPSA) is 62.3 Å². The van der Waals surface area contributed by atoms with Gasteiger partial charge in [-0.05, 0) is 38.4 Å². The number of hydrogen-bond acceptors (Lipinski definition) is 6. The first-order valence-electron chi connectivity index (χ1n) is 9.45. The number of aromatic nitrogens is 2. The molecule has 0 saturated carbocycles. The van der Waals surface area contributed by atoms with Crippen LogP contribution in [0.25, 0.3) is 11.3 Å². The molecule has 3 aromatic rings. The number of anilines is 3. The van der Waals surface area contributed by atoms with Gasteiger partial charge in [-0.15, -0.1) is 13.2 Å². The van der Waals surface area contributed by atoms with Crippen LogP contribution in [0, 0.1) is 11.6 Å². The summed E-state index contributed by atoms with van der Waals surface area (Å²) in [5, 5.41) is 5.89. The molecule has 0 fully saturated rings. The molecule has 0 bridgehead atoms. The second-order valence-electron chi connectivity index (χ2n) is 7.02. The number of ether oxygens (including phenoxy) is 1. The zero-order chi connectivity index (χ0) is 23.3. The second kappa shape index (κ2) is 9.77. The van der Waals surface area contributed by atoms with Crippen LogP contribution in [0.3, 0.4) is 0 Å². The van der Waals surface area contributed by atoms with E-state index in [-0.39, 0.29) is 17.5 Å². The van der Waals surface area contributed by atoms with Crippen LogP contribution in [-0.4, -0.2) is 48.4 Å². The minimum Gasteiger partial charge on any atom is -0.406 e. The fourth-order valence-electron chi connectivity index (χ4n) is 2.70. The molecule has 0 amide bonds. The first-order chi connectivity index (χ1) is 15.1. The van der Waals surface area contributed by atoms with Gasteiger partial charge < -0.3 is 20.3 Å². The molecule has 3 rings (SSSR count). The molecule has 2 aromatic carbocycles. The molecular formula is C21H20F5N5O.